The fourth-order valence-electron chi connectivity index (χ4n) is 0.870. The molecule has 0 aliphatic heterocycles. The maximum atomic E-state index is 11.9. The zero-order valence-electron chi connectivity index (χ0n) is 9.79. The standard InChI is InChI=1S/C9H22NO3P/c1-6-7-8-13-14(11,12-5)10-9(2,3)4/h6-8H2,1-5H3,(H,10,11). The summed E-state index contributed by atoms with van der Waals surface area (Å²) in [6.45, 7) is 8.27. The highest BCUT2D eigenvalue weighted by Gasteiger charge is 2.28. The van der Waals surface area contributed by atoms with Gasteiger partial charge in [0.15, 0.2) is 0 Å². The third-order valence-electron chi connectivity index (χ3n) is 1.47. The predicted molar refractivity (Wildman–Crippen MR) is 58.4 cm³/mol. The maximum absolute atomic E-state index is 11.9. The average molecular weight is 223 g/mol. The van der Waals surface area contributed by atoms with Crippen LogP contribution < -0.4 is 5.09 Å². The van der Waals surface area contributed by atoms with Crippen molar-refractivity contribution >= 4 is 7.75 Å². The van der Waals surface area contributed by atoms with Crippen LogP contribution in [0.25, 0.3) is 0 Å². The van der Waals surface area contributed by atoms with Crippen LogP contribution in [0.2, 0.25) is 0 Å². The summed E-state index contributed by atoms with van der Waals surface area (Å²) in [5.41, 5.74) is -0.280. The lowest BCUT2D eigenvalue weighted by molar-refractivity contribution is 0.211. The van der Waals surface area contributed by atoms with E-state index in [1.807, 2.05) is 20.8 Å². The van der Waals surface area contributed by atoms with Crippen molar-refractivity contribution in [2.75, 3.05) is 13.7 Å². The molecular weight excluding hydrogens is 201 g/mol. The van der Waals surface area contributed by atoms with E-state index in [2.05, 4.69) is 12.0 Å². The molecule has 0 amide bonds. The Kier molecular flexibility index (Phi) is 5.91. The Labute approximate surface area is 87.0 Å². The molecule has 0 saturated carbocycles. The largest absolute Gasteiger partial charge is 0.405 e. The third-order valence-corrected chi connectivity index (χ3v) is 3.42. The maximum Gasteiger partial charge on any atom is 0.405 e. The first kappa shape index (κ1) is 14.1. The van der Waals surface area contributed by atoms with Crippen molar-refractivity contribution in [1.82, 2.24) is 5.09 Å². The van der Waals surface area contributed by atoms with Crippen molar-refractivity contribution in [1.29, 1.82) is 0 Å². The van der Waals surface area contributed by atoms with Crippen LogP contribution in [0.4, 0.5) is 0 Å². The topological polar surface area (TPSA) is 47.6 Å². The van der Waals surface area contributed by atoms with E-state index < -0.39 is 7.75 Å². The molecule has 0 saturated heterocycles. The summed E-state index contributed by atoms with van der Waals surface area (Å²) >= 11 is 0. The molecule has 4 nitrogen and oxygen atoms in total. The van der Waals surface area contributed by atoms with Gasteiger partial charge >= 0.3 is 7.75 Å². The smallest absolute Gasteiger partial charge is 0.300 e. The quantitative estimate of drug-likeness (QED) is 0.555. The van der Waals surface area contributed by atoms with Crippen LogP contribution in [0, 0.1) is 0 Å². The van der Waals surface area contributed by atoms with Crippen LogP contribution in [0.1, 0.15) is 40.5 Å². The summed E-state index contributed by atoms with van der Waals surface area (Å²) < 4.78 is 22.0. The first-order chi connectivity index (χ1) is 6.33. The normalized spacial score (nSPS) is 16.6. The van der Waals surface area contributed by atoms with Crippen molar-refractivity contribution < 1.29 is 13.6 Å². The van der Waals surface area contributed by atoms with Gasteiger partial charge in [0.1, 0.15) is 0 Å². The summed E-state index contributed by atoms with van der Waals surface area (Å²) in [5.74, 6) is 0. The Morgan fingerprint density at radius 3 is 2.29 bits per heavy atom. The highest BCUT2D eigenvalue weighted by molar-refractivity contribution is 7.51. The van der Waals surface area contributed by atoms with Crippen molar-refractivity contribution in [2.45, 2.75) is 46.1 Å². The number of hydrogen-bond acceptors (Lipinski definition) is 3. The molecule has 0 aliphatic rings. The van der Waals surface area contributed by atoms with E-state index in [0.717, 1.165) is 12.8 Å². The minimum absolute atomic E-state index is 0.280. The lowest BCUT2D eigenvalue weighted by Gasteiger charge is -2.26. The molecule has 0 aromatic rings. The second-order valence-electron chi connectivity index (χ2n) is 4.23. The first-order valence-corrected chi connectivity index (χ1v) is 6.47. The number of nitrogens with one attached hydrogen (secondary N) is 1. The molecule has 1 unspecified atom stereocenters. The zero-order valence-corrected chi connectivity index (χ0v) is 10.7. The minimum atomic E-state index is -3.10. The Morgan fingerprint density at radius 1 is 1.36 bits per heavy atom. The Bertz CT molecular complexity index is 201. The summed E-state index contributed by atoms with van der Waals surface area (Å²) in [6, 6.07) is 0. The van der Waals surface area contributed by atoms with Gasteiger partial charge in [-0.05, 0) is 27.2 Å². The number of rotatable bonds is 6. The highest BCUT2D eigenvalue weighted by Crippen LogP contribution is 2.44. The van der Waals surface area contributed by atoms with Crippen LogP contribution in [0.15, 0.2) is 0 Å². The van der Waals surface area contributed by atoms with Crippen molar-refractivity contribution in [2.24, 2.45) is 0 Å². The molecule has 0 heterocycles. The van der Waals surface area contributed by atoms with Gasteiger partial charge in [0.05, 0.1) is 6.61 Å². The first-order valence-electron chi connectivity index (χ1n) is 4.93. The Morgan fingerprint density at radius 2 is 1.93 bits per heavy atom. The van der Waals surface area contributed by atoms with Crippen molar-refractivity contribution in [3.05, 3.63) is 0 Å². The molecule has 14 heavy (non-hydrogen) atoms. The second-order valence-corrected chi connectivity index (χ2v) is 6.07. The second kappa shape index (κ2) is 5.86. The molecule has 0 aliphatic carbocycles. The van der Waals surface area contributed by atoms with E-state index in [1.165, 1.54) is 7.11 Å². The van der Waals surface area contributed by atoms with Crippen molar-refractivity contribution in [3.63, 3.8) is 0 Å². The zero-order chi connectivity index (χ0) is 11.2. The van der Waals surface area contributed by atoms with Crippen LogP contribution in [0.3, 0.4) is 0 Å². The van der Waals surface area contributed by atoms with Gasteiger partial charge in [-0.3, -0.25) is 4.52 Å². The molecule has 0 aromatic heterocycles. The Hall–Kier alpha value is 0.110. The molecule has 0 spiro atoms. The highest BCUT2D eigenvalue weighted by atomic mass is 31.2. The fourth-order valence-corrected chi connectivity index (χ4v) is 2.32. The molecule has 0 rings (SSSR count). The summed E-state index contributed by atoms with van der Waals surface area (Å²) in [6.07, 6.45) is 1.90. The fraction of sp³-hybridized carbons (Fsp3) is 1.00. The van der Waals surface area contributed by atoms with E-state index >= 15 is 0 Å². The molecule has 0 radical (unpaired) electrons. The number of hydrogen-bond donors (Lipinski definition) is 1. The third kappa shape index (κ3) is 6.55. The van der Waals surface area contributed by atoms with Crippen LogP contribution >= 0.6 is 7.75 Å². The minimum Gasteiger partial charge on any atom is -0.300 e. The number of unbranched alkanes of at least 4 members (excludes halogenated alkanes) is 1. The van der Waals surface area contributed by atoms with Gasteiger partial charge in [0, 0.05) is 12.6 Å². The van der Waals surface area contributed by atoms with E-state index in [4.69, 9.17) is 9.05 Å². The molecule has 0 aromatic carbocycles. The van der Waals surface area contributed by atoms with Crippen molar-refractivity contribution in [3.8, 4) is 0 Å². The Balaban J connectivity index is 4.12. The molecule has 86 valence electrons. The summed E-state index contributed by atoms with van der Waals surface area (Å²) in [4.78, 5) is 0. The van der Waals surface area contributed by atoms with Gasteiger partial charge in [-0.1, -0.05) is 13.3 Å². The van der Waals surface area contributed by atoms with E-state index in [0.29, 0.717) is 6.61 Å². The van der Waals surface area contributed by atoms with Crippen LogP contribution in [-0.4, -0.2) is 19.3 Å². The van der Waals surface area contributed by atoms with Gasteiger partial charge in [-0.15, -0.1) is 0 Å². The predicted octanol–water partition coefficient (Wildman–Crippen LogP) is 2.95. The van der Waals surface area contributed by atoms with Gasteiger partial charge < -0.3 is 4.52 Å². The molecule has 0 bridgehead atoms. The van der Waals surface area contributed by atoms with E-state index in [-0.39, 0.29) is 5.54 Å². The molecule has 1 atom stereocenters. The molecule has 0 fully saturated rings. The summed E-state index contributed by atoms with van der Waals surface area (Å²) in [7, 11) is -1.71. The van der Waals surface area contributed by atoms with Gasteiger partial charge in [-0.25, -0.2) is 9.65 Å². The van der Waals surface area contributed by atoms with Gasteiger partial charge in [-0.2, -0.15) is 0 Å². The SMILES string of the molecule is CCCCOP(=O)(NC(C)(C)C)OC. The van der Waals surface area contributed by atoms with E-state index in [9.17, 15) is 4.57 Å². The monoisotopic (exact) mass is 223 g/mol. The average Bonchev–Trinajstić information content (AvgIpc) is 2.02. The van der Waals surface area contributed by atoms with Gasteiger partial charge in [0.25, 0.3) is 0 Å². The van der Waals surface area contributed by atoms with Crippen LogP contribution in [0.5, 0.6) is 0 Å². The van der Waals surface area contributed by atoms with Crippen LogP contribution in [-0.2, 0) is 13.6 Å². The summed E-state index contributed by atoms with van der Waals surface area (Å²) in [5, 5.41) is 2.85. The molecular formula is C9H22NO3P. The molecule has 5 heteroatoms. The lowest BCUT2D eigenvalue weighted by atomic mass is 10.1. The van der Waals surface area contributed by atoms with Gasteiger partial charge in [0.2, 0.25) is 0 Å². The lowest BCUT2D eigenvalue weighted by Crippen LogP contribution is -2.34. The molecule has 1 N–H and O–H groups in total. The van der Waals surface area contributed by atoms with E-state index in [1.54, 1.807) is 0 Å².